The van der Waals surface area contributed by atoms with Crippen molar-refractivity contribution in [1.29, 1.82) is 5.26 Å². The number of piperidine rings is 1. The van der Waals surface area contributed by atoms with E-state index in [1.54, 1.807) is 17.3 Å². The van der Waals surface area contributed by atoms with Gasteiger partial charge in [0, 0.05) is 26.2 Å². The Kier molecular flexibility index (Phi) is 6.54. The number of carbonyl (C=O) groups excluding carboxylic acids is 1. The molecule has 7 nitrogen and oxygen atoms in total. The normalized spacial score (nSPS) is 17.3. The van der Waals surface area contributed by atoms with Crippen LogP contribution < -0.4 is 5.73 Å². The fourth-order valence-electron chi connectivity index (χ4n) is 3.93. The van der Waals surface area contributed by atoms with E-state index in [2.05, 4.69) is 17.6 Å². The average Bonchev–Trinajstić information content (AvgIpc) is 3.43. The Labute approximate surface area is 197 Å². The first kappa shape index (κ1) is 22.6. The van der Waals surface area contributed by atoms with Gasteiger partial charge in [0.25, 0.3) is 5.91 Å². The van der Waals surface area contributed by atoms with E-state index in [1.807, 2.05) is 42.8 Å². The number of hydrogen-bond acceptors (Lipinski definition) is 6. The Morgan fingerprint density at radius 3 is 2.94 bits per heavy atom. The van der Waals surface area contributed by atoms with Gasteiger partial charge in [0.15, 0.2) is 5.01 Å². The second-order valence-corrected chi connectivity index (χ2v) is 9.20. The summed E-state index contributed by atoms with van der Waals surface area (Å²) in [5.41, 5.74) is 11.0. The van der Waals surface area contributed by atoms with Gasteiger partial charge in [-0.15, -0.1) is 11.3 Å². The first-order valence-electron chi connectivity index (χ1n) is 10.8. The number of carbonyl (C=O) groups is 1. The molecule has 2 aromatic heterocycles. The van der Waals surface area contributed by atoms with E-state index in [0.717, 1.165) is 45.6 Å². The third-order valence-corrected chi connectivity index (χ3v) is 6.87. The van der Waals surface area contributed by atoms with Crippen LogP contribution >= 0.6 is 11.3 Å². The standard InChI is InChI=1S/C25H26N6OS/c1-4-17(13-26)8-7-16(2)22-23(18-9-10-21-20(12-18)28-15-30(21)3)33-24(29-22)25(32)31-11-5-6-19(27)14-31/h4,7-10,12,15,19H,1,5-6,11,14,27H2,2-3H3/b16-7+,17-8+/t19-/m0/s1. The highest BCUT2D eigenvalue weighted by atomic mass is 32.1. The number of fused-ring (bicyclic) bond motifs is 1. The maximum Gasteiger partial charge on any atom is 0.282 e. The van der Waals surface area contributed by atoms with Gasteiger partial charge in [0.1, 0.15) is 0 Å². The zero-order valence-electron chi connectivity index (χ0n) is 18.8. The van der Waals surface area contributed by atoms with Crippen molar-refractivity contribution in [1.82, 2.24) is 19.4 Å². The van der Waals surface area contributed by atoms with Gasteiger partial charge in [-0.05, 0) is 49.1 Å². The third kappa shape index (κ3) is 4.65. The summed E-state index contributed by atoms with van der Waals surface area (Å²) in [6, 6.07) is 8.17. The van der Waals surface area contributed by atoms with Crippen LogP contribution in [0.3, 0.4) is 0 Å². The lowest BCUT2D eigenvalue weighted by molar-refractivity contribution is 0.0708. The number of hydrogen-bond donors (Lipinski definition) is 1. The molecule has 1 aliphatic heterocycles. The molecule has 0 aliphatic carbocycles. The number of nitrogens with two attached hydrogens (primary N) is 1. The van der Waals surface area contributed by atoms with E-state index < -0.39 is 0 Å². The predicted molar refractivity (Wildman–Crippen MR) is 132 cm³/mol. The van der Waals surface area contributed by atoms with Crippen LogP contribution in [0, 0.1) is 11.3 Å². The summed E-state index contributed by atoms with van der Waals surface area (Å²) in [4.78, 5) is 25.2. The van der Waals surface area contributed by atoms with Crippen LogP contribution in [0.5, 0.6) is 0 Å². The quantitative estimate of drug-likeness (QED) is 0.454. The van der Waals surface area contributed by atoms with E-state index in [4.69, 9.17) is 10.7 Å². The molecule has 4 rings (SSSR count). The number of aromatic nitrogens is 3. The van der Waals surface area contributed by atoms with Crippen LogP contribution in [0.4, 0.5) is 0 Å². The summed E-state index contributed by atoms with van der Waals surface area (Å²) < 4.78 is 1.97. The van der Waals surface area contributed by atoms with Crippen molar-refractivity contribution < 1.29 is 4.79 Å². The molecule has 1 amide bonds. The minimum Gasteiger partial charge on any atom is -0.335 e. The van der Waals surface area contributed by atoms with Gasteiger partial charge in [0.2, 0.25) is 0 Å². The molecule has 1 atom stereocenters. The molecule has 1 saturated heterocycles. The lowest BCUT2D eigenvalue weighted by atomic mass is 10.1. The smallest absolute Gasteiger partial charge is 0.282 e. The molecule has 168 valence electrons. The topological polar surface area (TPSA) is 101 Å². The molecule has 0 radical (unpaired) electrons. The van der Waals surface area contributed by atoms with Gasteiger partial charge in [0.05, 0.1) is 39.6 Å². The highest BCUT2D eigenvalue weighted by molar-refractivity contribution is 7.17. The molecule has 3 heterocycles. The van der Waals surface area contributed by atoms with E-state index >= 15 is 0 Å². The second-order valence-electron chi connectivity index (χ2n) is 8.20. The van der Waals surface area contributed by atoms with Crippen LogP contribution in [-0.4, -0.2) is 44.5 Å². The Balaban J connectivity index is 1.79. The van der Waals surface area contributed by atoms with Crippen molar-refractivity contribution >= 4 is 33.9 Å². The van der Waals surface area contributed by atoms with E-state index in [0.29, 0.717) is 23.7 Å². The van der Waals surface area contributed by atoms with E-state index in [-0.39, 0.29) is 11.9 Å². The number of benzene rings is 1. The first-order valence-corrected chi connectivity index (χ1v) is 11.6. The van der Waals surface area contributed by atoms with Crippen molar-refractivity contribution in [2.24, 2.45) is 12.8 Å². The molecule has 0 saturated carbocycles. The summed E-state index contributed by atoms with van der Waals surface area (Å²) in [6.07, 6.45) is 8.67. The molecule has 1 aliphatic rings. The number of thiazole rings is 1. The number of aryl methyl sites for hydroxylation is 1. The number of nitriles is 1. The van der Waals surface area contributed by atoms with Crippen molar-refractivity contribution in [3.8, 4) is 16.5 Å². The number of amides is 1. The van der Waals surface area contributed by atoms with Crippen molar-refractivity contribution in [2.75, 3.05) is 13.1 Å². The SMILES string of the molecule is C=C/C(C#N)=C\C=C(/C)c1nc(C(=O)N2CCC[C@H](N)C2)sc1-c1ccc2c(c1)ncn2C. The monoisotopic (exact) mass is 458 g/mol. The van der Waals surface area contributed by atoms with Crippen molar-refractivity contribution in [3.05, 3.63) is 65.6 Å². The zero-order valence-corrected chi connectivity index (χ0v) is 19.6. The number of likely N-dealkylation sites (tertiary alicyclic amines) is 1. The Morgan fingerprint density at radius 2 is 2.21 bits per heavy atom. The Hall–Kier alpha value is -3.54. The number of allylic oxidation sites excluding steroid dienone is 5. The molecule has 0 unspecified atom stereocenters. The predicted octanol–water partition coefficient (Wildman–Crippen LogP) is 4.30. The van der Waals surface area contributed by atoms with Crippen LogP contribution in [0.1, 0.15) is 35.3 Å². The molecule has 1 fully saturated rings. The van der Waals surface area contributed by atoms with Crippen LogP contribution in [0.25, 0.3) is 27.0 Å². The molecular formula is C25H26N6OS. The summed E-state index contributed by atoms with van der Waals surface area (Å²) in [6.45, 7) is 6.83. The fourth-order valence-corrected chi connectivity index (χ4v) is 5.02. The lowest BCUT2D eigenvalue weighted by Gasteiger charge is -2.30. The van der Waals surface area contributed by atoms with Crippen molar-refractivity contribution in [2.45, 2.75) is 25.8 Å². The molecule has 1 aromatic carbocycles. The summed E-state index contributed by atoms with van der Waals surface area (Å²) in [7, 11) is 1.96. The van der Waals surface area contributed by atoms with E-state index in [9.17, 15) is 10.1 Å². The minimum absolute atomic E-state index is 0.00300. The highest BCUT2D eigenvalue weighted by Gasteiger charge is 2.26. The first-order chi connectivity index (χ1) is 15.9. The third-order valence-electron chi connectivity index (χ3n) is 5.78. The summed E-state index contributed by atoms with van der Waals surface area (Å²) in [5.74, 6) is -0.0892. The van der Waals surface area contributed by atoms with Gasteiger partial charge in [-0.1, -0.05) is 24.8 Å². The van der Waals surface area contributed by atoms with Gasteiger partial charge < -0.3 is 15.2 Å². The highest BCUT2D eigenvalue weighted by Crippen LogP contribution is 2.36. The van der Waals surface area contributed by atoms with Crippen LogP contribution in [0.2, 0.25) is 0 Å². The number of rotatable bonds is 5. The molecule has 0 spiro atoms. The molecule has 2 N–H and O–H groups in total. The minimum atomic E-state index is -0.0892. The average molecular weight is 459 g/mol. The molecule has 0 bridgehead atoms. The molecule has 8 heteroatoms. The fraction of sp³-hybridized carbons (Fsp3) is 0.280. The maximum atomic E-state index is 13.3. The number of imidazole rings is 1. The van der Waals surface area contributed by atoms with Gasteiger partial charge in [-0.3, -0.25) is 4.79 Å². The molecule has 3 aromatic rings. The number of nitrogens with zero attached hydrogens (tertiary/aromatic N) is 5. The van der Waals surface area contributed by atoms with Crippen molar-refractivity contribution in [3.63, 3.8) is 0 Å². The zero-order chi connectivity index (χ0) is 23.5. The lowest BCUT2D eigenvalue weighted by Crippen LogP contribution is -2.45. The van der Waals surface area contributed by atoms with Crippen LogP contribution in [0.15, 0.2) is 54.9 Å². The van der Waals surface area contributed by atoms with Crippen LogP contribution in [-0.2, 0) is 7.05 Å². The molecular weight excluding hydrogens is 432 g/mol. The maximum absolute atomic E-state index is 13.3. The van der Waals surface area contributed by atoms with Gasteiger partial charge in [-0.2, -0.15) is 5.26 Å². The summed E-state index contributed by atoms with van der Waals surface area (Å²) >= 11 is 1.38. The van der Waals surface area contributed by atoms with Gasteiger partial charge >= 0.3 is 0 Å². The largest absolute Gasteiger partial charge is 0.335 e. The summed E-state index contributed by atoms with van der Waals surface area (Å²) in [5, 5.41) is 9.63. The van der Waals surface area contributed by atoms with Gasteiger partial charge in [-0.25, -0.2) is 9.97 Å². The Morgan fingerprint density at radius 1 is 1.39 bits per heavy atom. The van der Waals surface area contributed by atoms with E-state index in [1.165, 1.54) is 17.4 Å². The molecule has 33 heavy (non-hydrogen) atoms. The Bertz CT molecular complexity index is 1320. The second kappa shape index (κ2) is 9.53.